The molecule has 2 heterocycles. The molecule has 1 amide bonds. The van der Waals surface area contributed by atoms with Crippen molar-refractivity contribution in [2.75, 3.05) is 26.2 Å². The van der Waals surface area contributed by atoms with Crippen molar-refractivity contribution in [3.05, 3.63) is 0 Å². The minimum atomic E-state index is 0.156. The van der Waals surface area contributed by atoms with Gasteiger partial charge in [-0.15, -0.1) is 0 Å². The van der Waals surface area contributed by atoms with Crippen LogP contribution in [0.25, 0.3) is 0 Å². The molecule has 1 atom stereocenters. The predicted molar refractivity (Wildman–Crippen MR) is 83.0 cm³/mol. The van der Waals surface area contributed by atoms with E-state index in [0.29, 0.717) is 17.4 Å². The minimum absolute atomic E-state index is 0.156. The van der Waals surface area contributed by atoms with Crippen LogP contribution < -0.4 is 10.6 Å². The first kappa shape index (κ1) is 14.0. The molecule has 0 spiro atoms. The zero-order chi connectivity index (χ0) is 14.3. The van der Waals surface area contributed by atoms with Crippen molar-refractivity contribution in [3.63, 3.8) is 0 Å². The van der Waals surface area contributed by atoms with E-state index in [0.717, 1.165) is 38.5 Å². The fourth-order valence-electron chi connectivity index (χ4n) is 4.61. The summed E-state index contributed by atoms with van der Waals surface area (Å²) in [7, 11) is 0. The van der Waals surface area contributed by atoms with Crippen LogP contribution in [0.3, 0.4) is 0 Å². The maximum Gasteiger partial charge on any atom is 0.237 e. The van der Waals surface area contributed by atoms with E-state index in [-0.39, 0.29) is 6.04 Å². The lowest BCUT2D eigenvalue weighted by Gasteiger charge is -2.35. The number of amides is 1. The summed E-state index contributed by atoms with van der Waals surface area (Å²) in [5, 5.41) is 6.75. The van der Waals surface area contributed by atoms with Gasteiger partial charge in [0.1, 0.15) is 0 Å². The molecule has 0 aromatic heterocycles. The van der Waals surface area contributed by atoms with Gasteiger partial charge < -0.3 is 10.6 Å². The molecule has 21 heavy (non-hydrogen) atoms. The molecule has 2 N–H and O–H groups in total. The third-order valence-electron chi connectivity index (χ3n) is 6.32. The Morgan fingerprint density at radius 1 is 1.14 bits per heavy atom. The third kappa shape index (κ3) is 2.85. The van der Waals surface area contributed by atoms with Gasteiger partial charge in [0.25, 0.3) is 0 Å². The van der Waals surface area contributed by atoms with E-state index in [4.69, 9.17) is 0 Å². The fraction of sp³-hybridized carbons (Fsp3) is 0.941. The molecule has 0 aromatic carbocycles. The topological polar surface area (TPSA) is 44.4 Å². The Morgan fingerprint density at radius 2 is 1.90 bits per heavy atom. The van der Waals surface area contributed by atoms with Gasteiger partial charge in [-0.25, -0.2) is 0 Å². The maximum atomic E-state index is 12.6. The van der Waals surface area contributed by atoms with Gasteiger partial charge in [-0.1, -0.05) is 0 Å². The number of carbonyl (C=O) groups is 1. The number of hydrogen-bond donors (Lipinski definition) is 2. The smallest absolute Gasteiger partial charge is 0.237 e. The van der Waals surface area contributed by atoms with Crippen molar-refractivity contribution in [2.45, 2.75) is 63.5 Å². The van der Waals surface area contributed by atoms with Crippen LogP contribution >= 0.6 is 0 Å². The molecule has 1 unspecified atom stereocenters. The average molecular weight is 291 g/mol. The molecule has 0 radical (unpaired) electrons. The van der Waals surface area contributed by atoms with Crippen molar-refractivity contribution >= 4 is 5.91 Å². The number of rotatable bonds is 5. The van der Waals surface area contributed by atoms with E-state index in [1.807, 2.05) is 0 Å². The van der Waals surface area contributed by atoms with Crippen molar-refractivity contribution in [3.8, 4) is 0 Å². The lowest BCUT2D eigenvalue weighted by Crippen LogP contribution is -2.51. The number of carbonyl (C=O) groups excluding carboxylic acids is 1. The van der Waals surface area contributed by atoms with Crippen molar-refractivity contribution < 1.29 is 4.79 Å². The van der Waals surface area contributed by atoms with Gasteiger partial charge in [0.2, 0.25) is 5.91 Å². The summed E-state index contributed by atoms with van der Waals surface area (Å²) in [6, 6.07) is 0.783. The highest BCUT2D eigenvalue weighted by molar-refractivity contribution is 5.82. The summed E-state index contributed by atoms with van der Waals surface area (Å²) < 4.78 is 0. The van der Waals surface area contributed by atoms with Crippen molar-refractivity contribution in [2.24, 2.45) is 11.3 Å². The molecular weight excluding hydrogens is 262 g/mol. The standard InChI is InChI=1S/C17H29N3O/c21-16(19-12-17(7-8-17)13-3-4-13)15-2-1-11-20(15)14-5-9-18-10-6-14/h13-15,18H,1-12H2,(H,19,21). The quantitative estimate of drug-likeness (QED) is 0.807. The molecule has 0 aromatic rings. The van der Waals surface area contributed by atoms with E-state index < -0.39 is 0 Å². The van der Waals surface area contributed by atoms with Gasteiger partial charge in [-0.3, -0.25) is 9.69 Å². The molecular formula is C17H29N3O. The highest BCUT2D eigenvalue weighted by Crippen LogP contribution is 2.60. The summed E-state index contributed by atoms with van der Waals surface area (Å²) in [6.45, 7) is 4.30. The molecule has 2 aliphatic carbocycles. The number of likely N-dealkylation sites (tertiary alicyclic amines) is 1. The van der Waals surface area contributed by atoms with E-state index in [9.17, 15) is 4.79 Å². The molecule has 4 fully saturated rings. The van der Waals surface area contributed by atoms with Gasteiger partial charge in [0, 0.05) is 12.6 Å². The molecule has 4 aliphatic rings. The first-order valence-corrected chi connectivity index (χ1v) is 9.03. The second-order valence-electron chi connectivity index (χ2n) is 7.73. The first-order chi connectivity index (χ1) is 10.3. The van der Waals surface area contributed by atoms with Crippen LogP contribution in [-0.4, -0.2) is 49.1 Å². The molecule has 2 saturated heterocycles. The highest BCUT2D eigenvalue weighted by atomic mass is 16.2. The van der Waals surface area contributed by atoms with E-state index >= 15 is 0 Å². The molecule has 2 aliphatic heterocycles. The number of piperidine rings is 1. The third-order valence-corrected chi connectivity index (χ3v) is 6.32. The summed E-state index contributed by atoms with van der Waals surface area (Å²) in [6.07, 6.45) is 10.2. The monoisotopic (exact) mass is 291 g/mol. The van der Waals surface area contributed by atoms with Crippen molar-refractivity contribution in [1.29, 1.82) is 0 Å². The van der Waals surface area contributed by atoms with Gasteiger partial charge in [0.05, 0.1) is 6.04 Å². The number of nitrogens with zero attached hydrogens (tertiary/aromatic N) is 1. The molecule has 118 valence electrons. The van der Waals surface area contributed by atoms with Crippen LogP contribution in [0.15, 0.2) is 0 Å². The van der Waals surface area contributed by atoms with Crippen molar-refractivity contribution in [1.82, 2.24) is 15.5 Å². The molecule has 2 saturated carbocycles. The lowest BCUT2D eigenvalue weighted by molar-refractivity contribution is -0.126. The lowest BCUT2D eigenvalue weighted by atomic mass is 10.00. The molecule has 4 rings (SSSR count). The van der Waals surface area contributed by atoms with Crippen LogP contribution in [0, 0.1) is 11.3 Å². The Kier molecular flexibility index (Phi) is 3.70. The summed E-state index contributed by atoms with van der Waals surface area (Å²) in [5.74, 6) is 1.25. The minimum Gasteiger partial charge on any atom is -0.354 e. The Balaban J connectivity index is 1.32. The van der Waals surface area contributed by atoms with E-state index in [1.54, 1.807) is 0 Å². The SMILES string of the molecule is O=C(NCC1(C2CC2)CC1)C1CCCN1C1CCNCC1. The predicted octanol–water partition coefficient (Wildman–Crippen LogP) is 1.51. The maximum absolute atomic E-state index is 12.6. The zero-order valence-corrected chi connectivity index (χ0v) is 13.1. The Bertz CT molecular complexity index is 397. The Hall–Kier alpha value is -0.610. The van der Waals surface area contributed by atoms with Crippen LogP contribution in [0.1, 0.15) is 51.4 Å². The van der Waals surface area contributed by atoms with Gasteiger partial charge in [0.15, 0.2) is 0 Å². The number of hydrogen-bond acceptors (Lipinski definition) is 3. The Labute approximate surface area is 128 Å². The summed E-state index contributed by atoms with van der Waals surface area (Å²) >= 11 is 0. The van der Waals surface area contributed by atoms with E-state index in [1.165, 1.54) is 44.9 Å². The highest BCUT2D eigenvalue weighted by Gasteiger charge is 2.53. The molecule has 0 bridgehead atoms. The van der Waals surface area contributed by atoms with Crippen LogP contribution in [0.4, 0.5) is 0 Å². The first-order valence-electron chi connectivity index (χ1n) is 9.03. The second-order valence-corrected chi connectivity index (χ2v) is 7.73. The van der Waals surface area contributed by atoms with Crippen LogP contribution in [0.2, 0.25) is 0 Å². The Morgan fingerprint density at radius 3 is 2.57 bits per heavy atom. The van der Waals surface area contributed by atoms with Crippen LogP contribution in [0.5, 0.6) is 0 Å². The van der Waals surface area contributed by atoms with Gasteiger partial charge >= 0.3 is 0 Å². The fourth-order valence-corrected chi connectivity index (χ4v) is 4.61. The molecule has 4 nitrogen and oxygen atoms in total. The summed E-state index contributed by atoms with van der Waals surface area (Å²) in [5.41, 5.74) is 0.522. The number of nitrogens with one attached hydrogen (secondary N) is 2. The van der Waals surface area contributed by atoms with Gasteiger partial charge in [-0.05, 0) is 82.3 Å². The normalized spacial score (nSPS) is 33.0. The van der Waals surface area contributed by atoms with Crippen LogP contribution in [-0.2, 0) is 4.79 Å². The zero-order valence-electron chi connectivity index (χ0n) is 13.1. The van der Waals surface area contributed by atoms with E-state index in [2.05, 4.69) is 15.5 Å². The second kappa shape index (κ2) is 5.54. The average Bonchev–Trinajstić information content (AvgIpc) is 3.43. The molecule has 4 heteroatoms. The summed E-state index contributed by atoms with van der Waals surface area (Å²) in [4.78, 5) is 15.2. The van der Waals surface area contributed by atoms with Gasteiger partial charge in [-0.2, -0.15) is 0 Å². The largest absolute Gasteiger partial charge is 0.354 e.